The third kappa shape index (κ3) is 4.08. The molecule has 0 atom stereocenters. The number of aromatic nitrogens is 2. The van der Waals surface area contributed by atoms with Gasteiger partial charge >= 0.3 is 0 Å². The number of nitrogens with zero attached hydrogens (tertiary/aromatic N) is 2. The van der Waals surface area contributed by atoms with Crippen LogP contribution in [-0.2, 0) is 0 Å². The zero-order valence-corrected chi connectivity index (χ0v) is 12.4. The van der Waals surface area contributed by atoms with Crippen molar-refractivity contribution in [3.05, 3.63) is 11.8 Å². The Morgan fingerprint density at radius 3 is 2.47 bits per heavy atom. The van der Waals surface area contributed by atoms with E-state index in [9.17, 15) is 0 Å². The molecule has 0 amide bonds. The monoisotopic (exact) mass is 262 g/mol. The topological polar surface area (TPSA) is 49.8 Å². The molecule has 0 bridgehead atoms. The van der Waals surface area contributed by atoms with Crippen molar-refractivity contribution in [2.45, 2.75) is 46.0 Å². The first-order chi connectivity index (χ1) is 9.21. The number of hydrogen-bond donors (Lipinski definition) is 2. The maximum Gasteiger partial charge on any atom is 0.224 e. The molecular formula is C15H26N4. The Morgan fingerprint density at radius 2 is 1.84 bits per heavy atom. The van der Waals surface area contributed by atoms with E-state index < -0.39 is 0 Å². The third-order valence-electron chi connectivity index (χ3n) is 4.19. The minimum absolute atomic E-state index is 0.692. The van der Waals surface area contributed by atoms with Crippen molar-refractivity contribution in [3.8, 4) is 0 Å². The van der Waals surface area contributed by atoms with Gasteiger partial charge in [0.2, 0.25) is 5.95 Å². The van der Waals surface area contributed by atoms with Crippen molar-refractivity contribution in [1.82, 2.24) is 9.97 Å². The number of nitrogens with one attached hydrogen (secondary N) is 2. The Morgan fingerprint density at radius 1 is 1.16 bits per heavy atom. The lowest BCUT2D eigenvalue weighted by molar-refractivity contribution is 0.278. The van der Waals surface area contributed by atoms with Gasteiger partial charge in [-0.05, 0) is 31.6 Å². The first-order valence-electron chi connectivity index (χ1n) is 7.48. The van der Waals surface area contributed by atoms with Crippen LogP contribution in [0.4, 0.5) is 11.8 Å². The van der Waals surface area contributed by atoms with Gasteiger partial charge in [-0.1, -0.05) is 26.2 Å². The molecule has 0 aliphatic heterocycles. The van der Waals surface area contributed by atoms with Gasteiger partial charge in [0.05, 0.1) is 0 Å². The van der Waals surface area contributed by atoms with E-state index >= 15 is 0 Å². The molecule has 1 aliphatic rings. The van der Waals surface area contributed by atoms with Crippen LogP contribution in [0.25, 0.3) is 0 Å². The van der Waals surface area contributed by atoms with Crippen LogP contribution in [0, 0.1) is 18.8 Å². The normalized spacial score (nSPS) is 23.1. The van der Waals surface area contributed by atoms with Crippen LogP contribution in [0.2, 0.25) is 0 Å². The van der Waals surface area contributed by atoms with Gasteiger partial charge in [0.15, 0.2) is 0 Å². The average Bonchev–Trinajstić information content (AvgIpc) is 2.45. The summed E-state index contributed by atoms with van der Waals surface area (Å²) in [5.41, 5.74) is 0.997. The highest BCUT2D eigenvalue weighted by atomic mass is 15.1. The van der Waals surface area contributed by atoms with E-state index in [0.29, 0.717) is 5.95 Å². The predicted octanol–water partition coefficient (Wildman–Crippen LogP) is 3.46. The number of hydrogen-bond acceptors (Lipinski definition) is 4. The molecule has 2 N–H and O–H groups in total. The van der Waals surface area contributed by atoms with E-state index in [1.165, 1.54) is 32.1 Å². The van der Waals surface area contributed by atoms with E-state index in [0.717, 1.165) is 29.9 Å². The lowest BCUT2D eigenvalue weighted by atomic mass is 9.81. The van der Waals surface area contributed by atoms with E-state index in [1.807, 2.05) is 20.0 Å². The molecule has 1 fully saturated rings. The molecule has 19 heavy (non-hydrogen) atoms. The molecule has 0 unspecified atom stereocenters. The second kappa shape index (κ2) is 6.73. The summed E-state index contributed by atoms with van der Waals surface area (Å²) >= 11 is 0. The summed E-state index contributed by atoms with van der Waals surface area (Å²) in [5.74, 6) is 3.40. The van der Waals surface area contributed by atoms with Gasteiger partial charge in [0.1, 0.15) is 5.82 Å². The van der Waals surface area contributed by atoms with Crippen LogP contribution in [-0.4, -0.2) is 23.6 Å². The summed E-state index contributed by atoms with van der Waals surface area (Å²) in [5, 5.41) is 6.47. The molecule has 0 radical (unpaired) electrons. The van der Waals surface area contributed by atoms with Crippen molar-refractivity contribution in [2.24, 2.45) is 11.8 Å². The fourth-order valence-corrected chi connectivity index (χ4v) is 2.86. The largest absolute Gasteiger partial charge is 0.370 e. The highest BCUT2D eigenvalue weighted by Crippen LogP contribution is 2.30. The van der Waals surface area contributed by atoms with Crippen LogP contribution < -0.4 is 10.6 Å². The molecule has 1 aromatic rings. The zero-order chi connectivity index (χ0) is 13.7. The lowest BCUT2D eigenvalue weighted by Crippen LogP contribution is -2.21. The Kier molecular flexibility index (Phi) is 5.00. The molecule has 2 rings (SSSR count). The van der Waals surface area contributed by atoms with E-state index in [-0.39, 0.29) is 0 Å². The van der Waals surface area contributed by atoms with Crippen LogP contribution in [0.3, 0.4) is 0 Å². The van der Waals surface area contributed by atoms with Gasteiger partial charge in [-0.3, -0.25) is 0 Å². The summed E-state index contributed by atoms with van der Waals surface area (Å²) in [4.78, 5) is 8.74. The molecule has 1 aliphatic carbocycles. The molecule has 0 saturated heterocycles. The van der Waals surface area contributed by atoms with Crippen molar-refractivity contribution in [3.63, 3.8) is 0 Å². The fourth-order valence-electron chi connectivity index (χ4n) is 2.86. The average molecular weight is 262 g/mol. The van der Waals surface area contributed by atoms with E-state index in [4.69, 9.17) is 0 Å². The predicted molar refractivity (Wildman–Crippen MR) is 80.5 cm³/mol. The number of rotatable bonds is 5. The molecule has 106 valence electrons. The van der Waals surface area contributed by atoms with Crippen LogP contribution in [0.1, 0.15) is 44.7 Å². The van der Waals surface area contributed by atoms with Crippen molar-refractivity contribution in [1.29, 1.82) is 0 Å². The molecule has 4 heteroatoms. The highest BCUT2D eigenvalue weighted by Gasteiger charge is 2.19. The second-order valence-electron chi connectivity index (χ2n) is 5.64. The summed E-state index contributed by atoms with van der Waals surface area (Å²) in [6, 6.07) is 2.01. The third-order valence-corrected chi connectivity index (χ3v) is 4.19. The van der Waals surface area contributed by atoms with Gasteiger partial charge < -0.3 is 10.6 Å². The quantitative estimate of drug-likeness (QED) is 0.853. The summed E-state index contributed by atoms with van der Waals surface area (Å²) in [7, 11) is 1.85. The van der Waals surface area contributed by atoms with E-state index in [2.05, 4.69) is 27.5 Å². The summed E-state index contributed by atoms with van der Waals surface area (Å²) < 4.78 is 0. The van der Waals surface area contributed by atoms with E-state index in [1.54, 1.807) is 0 Å². The van der Waals surface area contributed by atoms with Gasteiger partial charge in [-0.25, -0.2) is 4.98 Å². The fraction of sp³-hybridized carbons (Fsp3) is 0.733. The Balaban J connectivity index is 1.84. The second-order valence-corrected chi connectivity index (χ2v) is 5.64. The number of anilines is 2. The molecule has 1 heterocycles. The SMILES string of the molecule is CCC1CCC(CNc2cc(C)nc(NC)n2)CC1. The molecule has 1 aromatic heterocycles. The molecule has 0 spiro atoms. The first kappa shape index (κ1) is 14.1. The van der Waals surface area contributed by atoms with Crippen LogP contribution in [0.5, 0.6) is 0 Å². The first-order valence-corrected chi connectivity index (χ1v) is 7.48. The number of aryl methyl sites for hydroxylation is 1. The maximum atomic E-state index is 4.43. The van der Waals surface area contributed by atoms with Crippen LogP contribution >= 0.6 is 0 Å². The Labute approximate surface area is 116 Å². The highest BCUT2D eigenvalue weighted by molar-refractivity contribution is 5.41. The molecule has 0 aromatic carbocycles. The maximum absolute atomic E-state index is 4.43. The molecule has 1 saturated carbocycles. The van der Waals surface area contributed by atoms with Crippen molar-refractivity contribution in [2.75, 3.05) is 24.2 Å². The van der Waals surface area contributed by atoms with Crippen molar-refractivity contribution < 1.29 is 0 Å². The summed E-state index contributed by atoms with van der Waals surface area (Å²) in [6.45, 7) is 5.35. The molecule has 4 nitrogen and oxygen atoms in total. The van der Waals surface area contributed by atoms with Gasteiger partial charge in [-0.2, -0.15) is 4.98 Å². The lowest BCUT2D eigenvalue weighted by Gasteiger charge is -2.28. The minimum atomic E-state index is 0.692. The zero-order valence-electron chi connectivity index (χ0n) is 12.4. The van der Waals surface area contributed by atoms with Crippen molar-refractivity contribution >= 4 is 11.8 Å². The van der Waals surface area contributed by atoms with Gasteiger partial charge in [0.25, 0.3) is 0 Å². The standard InChI is InChI=1S/C15H26N4/c1-4-12-5-7-13(8-6-12)10-17-14-9-11(2)18-15(16-3)19-14/h9,12-13H,4-8,10H2,1-3H3,(H2,16,17,18,19). The Hall–Kier alpha value is -1.32. The Bertz CT molecular complexity index is 397. The van der Waals surface area contributed by atoms with Gasteiger partial charge in [0, 0.05) is 25.4 Å². The van der Waals surface area contributed by atoms with Crippen LogP contribution in [0.15, 0.2) is 6.07 Å². The molecular weight excluding hydrogens is 236 g/mol. The smallest absolute Gasteiger partial charge is 0.224 e. The van der Waals surface area contributed by atoms with Gasteiger partial charge in [-0.15, -0.1) is 0 Å². The minimum Gasteiger partial charge on any atom is -0.370 e. The summed E-state index contributed by atoms with van der Waals surface area (Å²) in [6.07, 6.45) is 6.85.